The monoisotopic (exact) mass is 360 g/mol. The molecular weight excluding hydrogens is 336 g/mol. The standard InChI is InChI=1S/C18H24N4O4/c1-18(2,3)20-15-8-7-14(21-22-15)19-17(23)11-9-12(24-4)16(26-6)13(10-11)25-5/h7-10H,1-6H3,(H,20,22)(H,19,21,23). The summed E-state index contributed by atoms with van der Waals surface area (Å²) in [7, 11) is 4.49. The van der Waals surface area contributed by atoms with Crippen LogP contribution in [0.4, 0.5) is 11.6 Å². The van der Waals surface area contributed by atoms with Gasteiger partial charge in [-0.05, 0) is 45.0 Å². The van der Waals surface area contributed by atoms with Crippen molar-refractivity contribution < 1.29 is 19.0 Å². The predicted molar refractivity (Wildman–Crippen MR) is 99.5 cm³/mol. The molecule has 140 valence electrons. The van der Waals surface area contributed by atoms with Crippen LogP contribution in [0.15, 0.2) is 24.3 Å². The summed E-state index contributed by atoms with van der Waals surface area (Å²) in [6, 6.07) is 6.57. The highest BCUT2D eigenvalue weighted by atomic mass is 16.5. The largest absolute Gasteiger partial charge is 0.493 e. The van der Waals surface area contributed by atoms with Crippen molar-refractivity contribution in [2.75, 3.05) is 32.0 Å². The molecule has 8 nitrogen and oxygen atoms in total. The minimum Gasteiger partial charge on any atom is -0.493 e. The second kappa shape index (κ2) is 7.90. The summed E-state index contributed by atoms with van der Waals surface area (Å²) in [5, 5.41) is 14.0. The van der Waals surface area contributed by atoms with Gasteiger partial charge in [-0.15, -0.1) is 10.2 Å². The van der Waals surface area contributed by atoms with Gasteiger partial charge in [0.15, 0.2) is 17.3 Å². The van der Waals surface area contributed by atoms with Crippen LogP contribution in [0, 0.1) is 0 Å². The van der Waals surface area contributed by atoms with Gasteiger partial charge in [0.25, 0.3) is 5.91 Å². The van der Waals surface area contributed by atoms with Crippen molar-refractivity contribution in [1.29, 1.82) is 0 Å². The second-order valence-corrected chi connectivity index (χ2v) is 6.55. The predicted octanol–water partition coefficient (Wildman–Crippen LogP) is 2.97. The third-order valence-corrected chi connectivity index (χ3v) is 3.34. The number of anilines is 2. The van der Waals surface area contributed by atoms with Crippen molar-refractivity contribution >= 4 is 17.5 Å². The van der Waals surface area contributed by atoms with Crippen LogP contribution in [0.2, 0.25) is 0 Å². The zero-order chi connectivity index (χ0) is 19.3. The van der Waals surface area contributed by atoms with Crippen LogP contribution < -0.4 is 24.8 Å². The summed E-state index contributed by atoms with van der Waals surface area (Å²) in [6.07, 6.45) is 0. The lowest BCUT2D eigenvalue weighted by molar-refractivity contribution is 0.102. The van der Waals surface area contributed by atoms with Gasteiger partial charge in [-0.3, -0.25) is 4.79 Å². The van der Waals surface area contributed by atoms with Gasteiger partial charge in [0.2, 0.25) is 5.75 Å². The third-order valence-electron chi connectivity index (χ3n) is 3.34. The number of nitrogens with one attached hydrogen (secondary N) is 2. The quantitative estimate of drug-likeness (QED) is 0.818. The molecule has 0 aliphatic carbocycles. The molecule has 0 spiro atoms. The Bertz CT molecular complexity index is 745. The summed E-state index contributed by atoms with van der Waals surface area (Å²) >= 11 is 0. The summed E-state index contributed by atoms with van der Waals surface area (Å²) in [6.45, 7) is 6.07. The maximum absolute atomic E-state index is 12.5. The molecule has 1 aromatic carbocycles. The highest BCUT2D eigenvalue weighted by Gasteiger charge is 2.17. The fourth-order valence-corrected chi connectivity index (χ4v) is 2.25. The fraction of sp³-hybridized carbons (Fsp3) is 0.389. The van der Waals surface area contributed by atoms with Crippen molar-refractivity contribution in [1.82, 2.24) is 10.2 Å². The topological polar surface area (TPSA) is 94.6 Å². The summed E-state index contributed by atoms with van der Waals surface area (Å²) in [4.78, 5) is 12.5. The molecule has 0 saturated heterocycles. The lowest BCUT2D eigenvalue weighted by Crippen LogP contribution is -2.26. The number of rotatable bonds is 6. The van der Waals surface area contributed by atoms with E-state index < -0.39 is 0 Å². The number of amides is 1. The number of hydrogen-bond donors (Lipinski definition) is 2. The summed E-state index contributed by atoms with van der Waals surface area (Å²) in [5.74, 6) is 1.81. The van der Waals surface area contributed by atoms with E-state index in [0.29, 0.717) is 34.4 Å². The second-order valence-electron chi connectivity index (χ2n) is 6.55. The molecule has 1 aromatic heterocycles. The van der Waals surface area contributed by atoms with E-state index in [1.54, 1.807) is 24.3 Å². The zero-order valence-electron chi connectivity index (χ0n) is 15.8. The van der Waals surface area contributed by atoms with Gasteiger partial charge in [-0.1, -0.05) is 0 Å². The van der Waals surface area contributed by atoms with E-state index in [1.807, 2.05) is 20.8 Å². The molecular formula is C18H24N4O4. The lowest BCUT2D eigenvalue weighted by atomic mass is 10.1. The molecule has 2 rings (SSSR count). The van der Waals surface area contributed by atoms with Crippen LogP contribution in [-0.2, 0) is 0 Å². The molecule has 0 fully saturated rings. The van der Waals surface area contributed by atoms with Crippen molar-refractivity contribution in [3.8, 4) is 17.2 Å². The molecule has 2 aromatic rings. The van der Waals surface area contributed by atoms with E-state index in [-0.39, 0.29) is 11.4 Å². The average Bonchev–Trinajstić information content (AvgIpc) is 2.60. The third kappa shape index (κ3) is 4.75. The first-order valence-electron chi connectivity index (χ1n) is 8.00. The van der Waals surface area contributed by atoms with E-state index in [4.69, 9.17) is 14.2 Å². The number of aromatic nitrogens is 2. The molecule has 0 atom stereocenters. The molecule has 0 saturated carbocycles. The number of methoxy groups -OCH3 is 3. The molecule has 0 aliphatic rings. The van der Waals surface area contributed by atoms with Gasteiger partial charge in [0.05, 0.1) is 21.3 Å². The van der Waals surface area contributed by atoms with Crippen molar-refractivity contribution in [3.63, 3.8) is 0 Å². The Balaban J connectivity index is 2.19. The zero-order valence-corrected chi connectivity index (χ0v) is 15.8. The molecule has 2 N–H and O–H groups in total. The first-order chi connectivity index (χ1) is 12.3. The summed E-state index contributed by atoms with van der Waals surface area (Å²) < 4.78 is 15.8. The molecule has 0 bridgehead atoms. The van der Waals surface area contributed by atoms with Crippen LogP contribution >= 0.6 is 0 Å². The maximum atomic E-state index is 12.5. The van der Waals surface area contributed by atoms with E-state index >= 15 is 0 Å². The van der Waals surface area contributed by atoms with Crippen LogP contribution in [0.25, 0.3) is 0 Å². The maximum Gasteiger partial charge on any atom is 0.257 e. The van der Waals surface area contributed by atoms with Crippen molar-refractivity contribution in [2.24, 2.45) is 0 Å². The van der Waals surface area contributed by atoms with E-state index in [9.17, 15) is 4.79 Å². The van der Waals surface area contributed by atoms with Crippen LogP contribution in [0.3, 0.4) is 0 Å². The molecule has 0 radical (unpaired) electrons. The first-order valence-corrected chi connectivity index (χ1v) is 8.00. The Morgan fingerprint density at radius 1 is 0.923 bits per heavy atom. The van der Waals surface area contributed by atoms with Gasteiger partial charge in [-0.25, -0.2) is 0 Å². The number of carbonyl (C=O) groups excluding carboxylic acids is 1. The normalized spacial score (nSPS) is 10.8. The Morgan fingerprint density at radius 3 is 1.88 bits per heavy atom. The van der Waals surface area contributed by atoms with E-state index in [1.165, 1.54) is 21.3 Å². The molecule has 1 amide bonds. The highest BCUT2D eigenvalue weighted by molar-refractivity contribution is 6.04. The Labute approximate surface area is 152 Å². The number of hydrogen-bond acceptors (Lipinski definition) is 7. The van der Waals surface area contributed by atoms with Crippen LogP contribution in [0.5, 0.6) is 17.2 Å². The molecule has 26 heavy (non-hydrogen) atoms. The van der Waals surface area contributed by atoms with Gasteiger partial charge < -0.3 is 24.8 Å². The van der Waals surface area contributed by atoms with E-state index in [0.717, 1.165) is 0 Å². The van der Waals surface area contributed by atoms with Gasteiger partial charge in [-0.2, -0.15) is 0 Å². The fourth-order valence-electron chi connectivity index (χ4n) is 2.25. The van der Waals surface area contributed by atoms with Crippen LogP contribution in [-0.4, -0.2) is 43.0 Å². The van der Waals surface area contributed by atoms with Gasteiger partial charge >= 0.3 is 0 Å². The summed E-state index contributed by atoms with van der Waals surface area (Å²) in [5.41, 5.74) is 0.216. The Hall–Kier alpha value is -3.03. The van der Waals surface area contributed by atoms with Crippen molar-refractivity contribution in [3.05, 3.63) is 29.8 Å². The number of benzene rings is 1. The smallest absolute Gasteiger partial charge is 0.257 e. The van der Waals surface area contributed by atoms with Crippen LogP contribution in [0.1, 0.15) is 31.1 Å². The minimum absolute atomic E-state index is 0.129. The lowest BCUT2D eigenvalue weighted by Gasteiger charge is -2.20. The number of nitrogens with zero attached hydrogens (tertiary/aromatic N) is 2. The molecule has 0 aliphatic heterocycles. The Morgan fingerprint density at radius 2 is 1.46 bits per heavy atom. The Kier molecular flexibility index (Phi) is 5.86. The first kappa shape index (κ1) is 19.3. The van der Waals surface area contributed by atoms with Gasteiger partial charge in [0, 0.05) is 11.1 Å². The molecule has 8 heteroatoms. The SMILES string of the molecule is COc1cc(C(=O)Nc2ccc(NC(C)(C)C)nn2)cc(OC)c1OC. The van der Waals surface area contributed by atoms with E-state index in [2.05, 4.69) is 20.8 Å². The van der Waals surface area contributed by atoms with Crippen molar-refractivity contribution in [2.45, 2.75) is 26.3 Å². The average molecular weight is 360 g/mol. The van der Waals surface area contributed by atoms with Gasteiger partial charge in [0.1, 0.15) is 5.82 Å². The number of ether oxygens (including phenoxy) is 3. The molecule has 0 unspecified atom stereocenters. The molecule has 1 heterocycles. The number of carbonyl (C=O) groups is 1. The highest BCUT2D eigenvalue weighted by Crippen LogP contribution is 2.38. The minimum atomic E-state index is -0.366.